The maximum atomic E-state index is 12.3. The van der Waals surface area contributed by atoms with Crippen LogP contribution in [-0.4, -0.2) is 59.6 Å². The van der Waals surface area contributed by atoms with Gasteiger partial charge >= 0.3 is 5.69 Å². The number of nitro groups is 1. The number of anilines is 3. The summed E-state index contributed by atoms with van der Waals surface area (Å²) in [6.07, 6.45) is 3.34. The van der Waals surface area contributed by atoms with E-state index in [1.165, 1.54) is 6.33 Å². The predicted molar refractivity (Wildman–Crippen MR) is 124 cm³/mol. The average Bonchev–Trinajstić information content (AvgIpc) is 2.79. The smallest absolute Gasteiger partial charge is 0.351 e. The molecule has 0 bridgehead atoms. The van der Waals surface area contributed by atoms with E-state index in [0.717, 1.165) is 42.4 Å². The van der Waals surface area contributed by atoms with E-state index in [1.807, 2.05) is 66.2 Å². The van der Waals surface area contributed by atoms with E-state index in [0.29, 0.717) is 18.2 Å². The van der Waals surface area contributed by atoms with Crippen LogP contribution in [0.1, 0.15) is 19.8 Å². The number of hydrogen-bond acceptors (Lipinski definition) is 7. The van der Waals surface area contributed by atoms with Gasteiger partial charge in [0.2, 0.25) is 11.6 Å². The second-order valence-electron chi connectivity index (χ2n) is 8.01. The van der Waals surface area contributed by atoms with Gasteiger partial charge in [0.1, 0.15) is 6.33 Å². The molecule has 0 saturated carbocycles. The van der Waals surface area contributed by atoms with Crippen LogP contribution in [-0.2, 0) is 0 Å². The first kappa shape index (κ1) is 21.0. The summed E-state index contributed by atoms with van der Waals surface area (Å²) in [6, 6.07) is 14.3. The van der Waals surface area contributed by atoms with Crippen LogP contribution in [0.4, 0.5) is 23.0 Å². The molecular formula is C23H28N6O2. The van der Waals surface area contributed by atoms with Crippen molar-refractivity contribution >= 4 is 33.8 Å². The minimum absolute atomic E-state index is 0.0429. The van der Waals surface area contributed by atoms with Gasteiger partial charge in [-0.2, -0.15) is 0 Å². The van der Waals surface area contributed by atoms with Gasteiger partial charge in [-0.1, -0.05) is 36.4 Å². The van der Waals surface area contributed by atoms with Gasteiger partial charge in [0.25, 0.3) is 0 Å². The van der Waals surface area contributed by atoms with Crippen molar-refractivity contribution in [3.63, 3.8) is 0 Å². The summed E-state index contributed by atoms with van der Waals surface area (Å²) >= 11 is 0. The fourth-order valence-electron chi connectivity index (χ4n) is 4.41. The summed E-state index contributed by atoms with van der Waals surface area (Å²) in [5.41, 5.74) is 0.856. The molecular weight excluding hydrogens is 392 g/mol. The van der Waals surface area contributed by atoms with Crippen molar-refractivity contribution in [2.75, 3.05) is 43.5 Å². The molecule has 3 aromatic rings. The maximum absolute atomic E-state index is 12.3. The first-order valence-corrected chi connectivity index (χ1v) is 10.7. The van der Waals surface area contributed by atoms with Crippen molar-refractivity contribution in [3.05, 3.63) is 58.9 Å². The van der Waals surface area contributed by atoms with Crippen molar-refractivity contribution in [1.29, 1.82) is 0 Å². The van der Waals surface area contributed by atoms with Gasteiger partial charge in [0.15, 0.2) is 0 Å². The van der Waals surface area contributed by atoms with Crippen LogP contribution in [0.15, 0.2) is 48.8 Å². The van der Waals surface area contributed by atoms with Gasteiger partial charge in [-0.05, 0) is 51.4 Å². The lowest BCUT2D eigenvalue weighted by atomic mass is 10.0. The molecule has 8 heteroatoms. The Kier molecular flexibility index (Phi) is 5.99. The molecule has 0 amide bonds. The fourth-order valence-corrected chi connectivity index (χ4v) is 4.41. The molecule has 31 heavy (non-hydrogen) atoms. The summed E-state index contributed by atoms with van der Waals surface area (Å²) in [5, 5.41) is 14.4. The highest BCUT2D eigenvalue weighted by molar-refractivity contribution is 5.96. The molecule has 0 unspecified atom stereocenters. The summed E-state index contributed by atoms with van der Waals surface area (Å²) in [6.45, 7) is 4.47. The molecule has 8 nitrogen and oxygen atoms in total. The SMILES string of the molecule is CCN(c1ncnc(N(C)C2CCN(C)CC2)c1[N+](=O)[O-])c1cccc2ccccc12. The van der Waals surface area contributed by atoms with E-state index in [4.69, 9.17) is 0 Å². The molecule has 1 fully saturated rings. The highest BCUT2D eigenvalue weighted by Crippen LogP contribution is 2.40. The Labute approximate surface area is 182 Å². The van der Waals surface area contributed by atoms with Crippen LogP contribution in [0.25, 0.3) is 10.8 Å². The fraction of sp³-hybridized carbons (Fsp3) is 0.391. The molecule has 4 rings (SSSR count). The Hall–Kier alpha value is -3.26. The maximum Gasteiger partial charge on any atom is 0.353 e. The molecule has 162 valence electrons. The Morgan fingerprint density at radius 2 is 1.77 bits per heavy atom. The Morgan fingerprint density at radius 1 is 1.10 bits per heavy atom. The number of likely N-dealkylation sites (tertiary alicyclic amines) is 1. The zero-order valence-electron chi connectivity index (χ0n) is 18.2. The third-order valence-corrected chi connectivity index (χ3v) is 6.17. The lowest BCUT2D eigenvalue weighted by Crippen LogP contribution is -2.42. The van der Waals surface area contributed by atoms with Gasteiger partial charge in [-0.3, -0.25) is 10.1 Å². The molecule has 1 aliphatic rings. The number of fused-ring (bicyclic) bond motifs is 1. The van der Waals surface area contributed by atoms with Crippen LogP contribution in [0.3, 0.4) is 0 Å². The molecule has 1 aromatic heterocycles. The molecule has 1 aliphatic heterocycles. The molecule has 2 aromatic carbocycles. The molecule has 0 N–H and O–H groups in total. The molecule has 0 radical (unpaired) electrons. The van der Waals surface area contributed by atoms with Gasteiger partial charge in [0, 0.05) is 25.0 Å². The van der Waals surface area contributed by atoms with Crippen molar-refractivity contribution in [2.45, 2.75) is 25.8 Å². The normalized spacial score (nSPS) is 15.2. The number of nitrogens with zero attached hydrogens (tertiary/aromatic N) is 6. The lowest BCUT2D eigenvalue weighted by molar-refractivity contribution is -0.383. The third kappa shape index (κ3) is 4.03. The quantitative estimate of drug-likeness (QED) is 0.436. The summed E-state index contributed by atoms with van der Waals surface area (Å²) < 4.78 is 0. The zero-order valence-corrected chi connectivity index (χ0v) is 18.2. The van der Waals surface area contributed by atoms with Gasteiger partial charge < -0.3 is 14.7 Å². The molecule has 0 atom stereocenters. The van der Waals surface area contributed by atoms with E-state index in [1.54, 1.807) is 0 Å². The highest BCUT2D eigenvalue weighted by Gasteiger charge is 2.32. The zero-order chi connectivity index (χ0) is 22.0. The Balaban J connectivity index is 1.80. The monoisotopic (exact) mass is 420 g/mol. The average molecular weight is 421 g/mol. The summed E-state index contributed by atoms with van der Waals surface area (Å²) in [4.78, 5) is 26.8. The minimum Gasteiger partial charge on any atom is -0.351 e. The molecule has 1 saturated heterocycles. The van der Waals surface area contributed by atoms with Crippen LogP contribution in [0, 0.1) is 10.1 Å². The van der Waals surface area contributed by atoms with E-state index >= 15 is 0 Å². The van der Waals surface area contributed by atoms with E-state index < -0.39 is 0 Å². The largest absolute Gasteiger partial charge is 0.353 e. The summed E-state index contributed by atoms with van der Waals surface area (Å²) in [7, 11) is 4.01. The third-order valence-electron chi connectivity index (χ3n) is 6.17. The van der Waals surface area contributed by atoms with E-state index in [9.17, 15) is 10.1 Å². The molecule has 0 aliphatic carbocycles. The Bertz CT molecular complexity index is 1080. The number of piperidine rings is 1. The molecule has 0 spiro atoms. The first-order chi connectivity index (χ1) is 15.0. The van der Waals surface area contributed by atoms with Crippen LogP contribution in [0.5, 0.6) is 0 Å². The van der Waals surface area contributed by atoms with Crippen LogP contribution >= 0.6 is 0 Å². The number of rotatable bonds is 6. The van der Waals surface area contributed by atoms with Crippen LogP contribution in [0.2, 0.25) is 0 Å². The predicted octanol–water partition coefficient (Wildman–Crippen LogP) is 4.23. The second kappa shape index (κ2) is 8.85. The summed E-state index contributed by atoms with van der Waals surface area (Å²) in [5.74, 6) is 0.705. The highest BCUT2D eigenvalue weighted by atomic mass is 16.6. The van der Waals surface area contributed by atoms with E-state index in [2.05, 4.69) is 21.9 Å². The number of aromatic nitrogens is 2. The van der Waals surface area contributed by atoms with Crippen LogP contribution < -0.4 is 9.80 Å². The second-order valence-corrected chi connectivity index (χ2v) is 8.01. The van der Waals surface area contributed by atoms with Crippen molar-refractivity contribution in [3.8, 4) is 0 Å². The van der Waals surface area contributed by atoms with E-state index in [-0.39, 0.29) is 16.7 Å². The molecule has 2 heterocycles. The topological polar surface area (TPSA) is 78.6 Å². The number of hydrogen-bond donors (Lipinski definition) is 0. The standard InChI is InChI=1S/C23H28N6O2/c1-4-28(20-11-7-9-17-8-5-6-10-19(17)20)23-21(29(30)31)22(24-16-25-23)27(3)18-12-14-26(2)15-13-18/h5-11,16,18H,4,12-15H2,1-3H3. The minimum atomic E-state index is -0.343. The first-order valence-electron chi connectivity index (χ1n) is 10.7. The lowest BCUT2D eigenvalue weighted by Gasteiger charge is -2.35. The van der Waals surface area contributed by atoms with Crippen molar-refractivity contribution in [2.24, 2.45) is 0 Å². The van der Waals surface area contributed by atoms with Gasteiger partial charge in [-0.25, -0.2) is 9.97 Å². The van der Waals surface area contributed by atoms with Crippen molar-refractivity contribution < 1.29 is 4.92 Å². The van der Waals surface area contributed by atoms with Gasteiger partial charge in [0.05, 0.1) is 10.6 Å². The number of benzene rings is 2. The van der Waals surface area contributed by atoms with Gasteiger partial charge in [-0.15, -0.1) is 0 Å². The van der Waals surface area contributed by atoms with Crippen molar-refractivity contribution in [1.82, 2.24) is 14.9 Å². The Morgan fingerprint density at radius 3 is 2.48 bits per heavy atom.